The number of azide groups is 1. The fourth-order valence-corrected chi connectivity index (χ4v) is 2.45. The van der Waals surface area contributed by atoms with E-state index in [-0.39, 0.29) is 6.61 Å². The highest BCUT2D eigenvalue weighted by Crippen LogP contribution is 2.10. The molecule has 7 heteroatoms. The van der Waals surface area contributed by atoms with E-state index < -0.39 is 0 Å². The summed E-state index contributed by atoms with van der Waals surface area (Å²) >= 11 is 0. The highest BCUT2D eigenvalue weighted by molar-refractivity contribution is 4.50. The molecule has 0 bridgehead atoms. The molecule has 0 spiro atoms. The van der Waals surface area contributed by atoms with Crippen molar-refractivity contribution in [3.8, 4) is 0 Å². The maximum Gasteiger partial charge on any atom is 0.0701 e. The summed E-state index contributed by atoms with van der Waals surface area (Å²) in [5.41, 5.74) is 8.16. The molecule has 148 valence electrons. The SMILES string of the molecule is [N-]=[N+]=NCCCCCCCCCCCCOCCOCCOCCO. The Morgan fingerprint density at radius 2 is 1.04 bits per heavy atom. The van der Waals surface area contributed by atoms with E-state index in [4.69, 9.17) is 24.8 Å². The quantitative estimate of drug-likeness (QED) is 0.143. The number of aliphatic hydroxyl groups excluding tert-OH is 1. The van der Waals surface area contributed by atoms with E-state index in [1.807, 2.05) is 0 Å². The molecule has 0 aliphatic carbocycles. The highest BCUT2D eigenvalue weighted by atomic mass is 16.5. The topological polar surface area (TPSA) is 96.7 Å². The van der Waals surface area contributed by atoms with Gasteiger partial charge in [-0.1, -0.05) is 56.5 Å². The summed E-state index contributed by atoms with van der Waals surface area (Å²) in [7, 11) is 0. The fourth-order valence-electron chi connectivity index (χ4n) is 2.45. The molecule has 1 N–H and O–H groups in total. The molecule has 0 fully saturated rings. The van der Waals surface area contributed by atoms with Gasteiger partial charge in [-0.15, -0.1) is 0 Å². The average Bonchev–Trinajstić information content (AvgIpc) is 2.63. The second-order valence-electron chi connectivity index (χ2n) is 6.05. The van der Waals surface area contributed by atoms with Crippen molar-refractivity contribution in [3.05, 3.63) is 10.4 Å². The van der Waals surface area contributed by atoms with Gasteiger partial charge in [-0.25, -0.2) is 0 Å². The molecule has 0 aliphatic rings. The Hall–Kier alpha value is -0.850. The van der Waals surface area contributed by atoms with Gasteiger partial charge in [0.1, 0.15) is 0 Å². The molecule has 0 amide bonds. The lowest BCUT2D eigenvalue weighted by Crippen LogP contribution is -2.11. The molecule has 0 aromatic rings. The second kappa shape index (κ2) is 23.1. The van der Waals surface area contributed by atoms with Crippen molar-refractivity contribution in [2.75, 3.05) is 52.8 Å². The van der Waals surface area contributed by atoms with Gasteiger partial charge >= 0.3 is 0 Å². The molecule has 0 heterocycles. The molecular formula is C18H37N3O4. The first-order chi connectivity index (χ1) is 12.4. The standard InChI is InChI=1S/C18H37N3O4/c19-21-20-11-9-7-5-3-1-2-4-6-8-10-13-23-15-17-25-18-16-24-14-12-22/h22H,1-18H2. The largest absolute Gasteiger partial charge is 0.394 e. The molecule has 0 aromatic carbocycles. The lowest BCUT2D eigenvalue weighted by molar-refractivity contribution is 0.00719. The van der Waals surface area contributed by atoms with Crippen LogP contribution in [0.5, 0.6) is 0 Å². The van der Waals surface area contributed by atoms with Gasteiger partial charge in [0.05, 0.1) is 39.6 Å². The predicted octanol–water partition coefficient (Wildman–Crippen LogP) is 4.24. The number of hydrogen-bond donors (Lipinski definition) is 1. The Labute approximate surface area is 152 Å². The van der Waals surface area contributed by atoms with Gasteiger partial charge in [0.15, 0.2) is 0 Å². The summed E-state index contributed by atoms with van der Waals surface area (Å²) in [6.07, 6.45) is 12.4. The molecule has 0 unspecified atom stereocenters. The van der Waals surface area contributed by atoms with Crippen LogP contribution in [-0.2, 0) is 14.2 Å². The van der Waals surface area contributed by atoms with E-state index >= 15 is 0 Å². The zero-order valence-corrected chi connectivity index (χ0v) is 15.7. The summed E-state index contributed by atoms with van der Waals surface area (Å²) < 4.78 is 16.0. The van der Waals surface area contributed by atoms with Crippen LogP contribution in [0.3, 0.4) is 0 Å². The summed E-state index contributed by atoms with van der Waals surface area (Å²) in [5, 5.41) is 12.1. The first-order valence-electron chi connectivity index (χ1n) is 9.76. The zero-order valence-electron chi connectivity index (χ0n) is 15.7. The number of rotatable bonds is 21. The van der Waals surface area contributed by atoms with Gasteiger partial charge in [0.25, 0.3) is 0 Å². The van der Waals surface area contributed by atoms with Crippen LogP contribution in [0.1, 0.15) is 64.2 Å². The Bertz CT molecular complexity index is 300. The van der Waals surface area contributed by atoms with Crippen LogP contribution in [0.4, 0.5) is 0 Å². The monoisotopic (exact) mass is 359 g/mol. The van der Waals surface area contributed by atoms with Crippen molar-refractivity contribution in [3.63, 3.8) is 0 Å². The van der Waals surface area contributed by atoms with E-state index in [1.54, 1.807) is 0 Å². The van der Waals surface area contributed by atoms with E-state index in [9.17, 15) is 0 Å². The van der Waals surface area contributed by atoms with Crippen LogP contribution < -0.4 is 0 Å². The first kappa shape index (κ1) is 24.1. The number of aliphatic hydroxyl groups is 1. The van der Waals surface area contributed by atoms with Gasteiger partial charge in [0, 0.05) is 18.1 Å². The summed E-state index contributed by atoms with van der Waals surface area (Å²) in [6.45, 7) is 4.21. The third-order valence-corrected chi connectivity index (χ3v) is 3.84. The van der Waals surface area contributed by atoms with Crippen LogP contribution in [-0.4, -0.2) is 57.9 Å². The van der Waals surface area contributed by atoms with Crippen molar-refractivity contribution < 1.29 is 19.3 Å². The molecule has 0 saturated carbocycles. The van der Waals surface area contributed by atoms with Crippen LogP contribution >= 0.6 is 0 Å². The third-order valence-electron chi connectivity index (χ3n) is 3.84. The Morgan fingerprint density at radius 1 is 0.600 bits per heavy atom. The van der Waals surface area contributed by atoms with Crippen LogP contribution in [0, 0.1) is 0 Å². The van der Waals surface area contributed by atoms with Gasteiger partial charge < -0.3 is 19.3 Å². The summed E-state index contributed by atoms with van der Waals surface area (Å²) in [5.74, 6) is 0. The molecule has 0 aliphatic heterocycles. The maximum atomic E-state index is 8.53. The molecule has 0 atom stereocenters. The molecular weight excluding hydrogens is 322 g/mol. The van der Waals surface area contributed by atoms with Crippen LogP contribution in [0.15, 0.2) is 5.11 Å². The van der Waals surface area contributed by atoms with E-state index in [0.717, 1.165) is 19.4 Å². The van der Waals surface area contributed by atoms with Crippen LogP contribution in [0.25, 0.3) is 10.4 Å². The summed E-state index contributed by atoms with van der Waals surface area (Å²) in [4.78, 5) is 2.75. The number of nitrogens with zero attached hydrogens (tertiary/aromatic N) is 3. The number of unbranched alkanes of at least 4 members (excludes halogenated alkanes) is 9. The highest BCUT2D eigenvalue weighted by Gasteiger charge is 1.94. The van der Waals surface area contributed by atoms with Crippen LogP contribution in [0.2, 0.25) is 0 Å². The third kappa shape index (κ3) is 23.1. The lowest BCUT2D eigenvalue weighted by Gasteiger charge is -2.06. The van der Waals surface area contributed by atoms with Gasteiger partial charge in [0.2, 0.25) is 0 Å². The predicted molar refractivity (Wildman–Crippen MR) is 99.7 cm³/mol. The number of ether oxygens (including phenoxy) is 3. The van der Waals surface area contributed by atoms with Gasteiger partial charge in [-0.2, -0.15) is 0 Å². The Kier molecular flexibility index (Phi) is 22.4. The zero-order chi connectivity index (χ0) is 18.3. The first-order valence-corrected chi connectivity index (χ1v) is 9.76. The molecule has 0 radical (unpaired) electrons. The molecule has 25 heavy (non-hydrogen) atoms. The minimum atomic E-state index is 0.0588. The fraction of sp³-hybridized carbons (Fsp3) is 1.00. The van der Waals surface area contributed by atoms with Crippen molar-refractivity contribution in [1.82, 2.24) is 0 Å². The number of hydrogen-bond acceptors (Lipinski definition) is 5. The summed E-state index contributed by atoms with van der Waals surface area (Å²) in [6, 6.07) is 0. The van der Waals surface area contributed by atoms with Crippen molar-refractivity contribution in [2.45, 2.75) is 64.2 Å². The average molecular weight is 360 g/mol. The van der Waals surface area contributed by atoms with Crippen molar-refractivity contribution >= 4 is 0 Å². The Morgan fingerprint density at radius 3 is 1.56 bits per heavy atom. The normalized spacial score (nSPS) is 10.8. The molecule has 7 nitrogen and oxygen atoms in total. The van der Waals surface area contributed by atoms with Crippen molar-refractivity contribution in [2.24, 2.45) is 5.11 Å². The van der Waals surface area contributed by atoms with Crippen molar-refractivity contribution in [1.29, 1.82) is 0 Å². The van der Waals surface area contributed by atoms with Gasteiger partial charge in [-0.3, -0.25) is 0 Å². The molecule has 0 saturated heterocycles. The maximum absolute atomic E-state index is 8.53. The van der Waals surface area contributed by atoms with Gasteiger partial charge in [-0.05, 0) is 18.4 Å². The minimum absolute atomic E-state index is 0.0588. The van der Waals surface area contributed by atoms with E-state index in [1.165, 1.54) is 51.4 Å². The van der Waals surface area contributed by atoms with E-state index in [0.29, 0.717) is 39.6 Å². The second-order valence-corrected chi connectivity index (χ2v) is 6.05. The smallest absolute Gasteiger partial charge is 0.0701 e. The Balaban J connectivity index is 2.97. The lowest BCUT2D eigenvalue weighted by atomic mass is 10.1. The molecule has 0 rings (SSSR count). The molecule has 0 aromatic heterocycles. The van der Waals surface area contributed by atoms with E-state index in [2.05, 4.69) is 10.0 Å². The minimum Gasteiger partial charge on any atom is -0.394 e.